The number of aromatic nitrogens is 1. The summed E-state index contributed by atoms with van der Waals surface area (Å²) < 4.78 is 13.4. The van der Waals surface area contributed by atoms with Crippen LogP contribution in [0.4, 0.5) is 15.2 Å². The summed E-state index contributed by atoms with van der Waals surface area (Å²) in [5, 5.41) is 14.5. The molecule has 90 valence electrons. The van der Waals surface area contributed by atoms with Gasteiger partial charge in [0.05, 0.1) is 11.3 Å². The van der Waals surface area contributed by atoms with E-state index in [2.05, 4.69) is 10.3 Å². The zero-order valence-electron chi connectivity index (χ0n) is 9.48. The molecule has 1 saturated carbocycles. The number of hydrogen-bond acceptors (Lipinski definition) is 4. The van der Waals surface area contributed by atoms with Gasteiger partial charge in [-0.05, 0) is 31.0 Å². The number of hydrogen-bond donors (Lipinski definition) is 1. The van der Waals surface area contributed by atoms with Crippen molar-refractivity contribution in [2.45, 2.75) is 18.8 Å². The summed E-state index contributed by atoms with van der Waals surface area (Å²) in [6, 6.07) is 6.26. The first kappa shape index (κ1) is 11.2. The van der Waals surface area contributed by atoms with E-state index >= 15 is 0 Å². The third-order valence-electron chi connectivity index (χ3n) is 2.86. The Hall–Kier alpha value is -1.93. The lowest BCUT2D eigenvalue weighted by atomic mass is 10.2. The lowest BCUT2D eigenvalue weighted by molar-refractivity contribution is 0.624. The molecule has 0 radical (unpaired) electrons. The van der Waals surface area contributed by atoms with Gasteiger partial charge in [0.1, 0.15) is 11.9 Å². The first-order chi connectivity index (χ1) is 8.76. The summed E-state index contributed by atoms with van der Waals surface area (Å²) in [6.07, 6.45) is 2.43. The fourth-order valence-corrected chi connectivity index (χ4v) is 2.53. The predicted octanol–water partition coefficient (Wildman–Crippen LogP) is 3.77. The van der Waals surface area contributed by atoms with Gasteiger partial charge in [-0.15, -0.1) is 11.3 Å². The van der Waals surface area contributed by atoms with Crippen LogP contribution in [0.1, 0.15) is 30.0 Å². The van der Waals surface area contributed by atoms with Crippen LogP contribution in [0.25, 0.3) is 0 Å². The molecule has 1 fully saturated rings. The van der Waals surface area contributed by atoms with Gasteiger partial charge in [-0.2, -0.15) is 5.26 Å². The van der Waals surface area contributed by atoms with Crippen LogP contribution in [0.15, 0.2) is 23.6 Å². The molecular formula is C13H10FN3S. The molecule has 1 aliphatic rings. The van der Waals surface area contributed by atoms with Gasteiger partial charge in [0.25, 0.3) is 0 Å². The van der Waals surface area contributed by atoms with Crippen LogP contribution in [0.5, 0.6) is 0 Å². The summed E-state index contributed by atoms with van der Waals surface area (Å²) in [4.78, 5) is 4.46. The van der Waals surface area contributed by atoms with Crippen LogP contribution >= 0.6 is 11.3 Å². The molecule has 0 amide bonds. The number of thiazole rings is 1. The molecule has 0 atom stereocenters. The minimum atomic E-state index is -0.513. The standard InChI is InChI=1S/C13H10FN3S/c14-11-5-10(4-3-9(11)6-15)16-13-17-12(7-18-13)8-1-2-8/h3-5,7-8H,1-2H2,(H,16,17). The number of nitrogens with one attached hydrogen (secondary N) is 1. The topological polar surface area (TPSA) is 48.7 Å². The molecule has 1 heterocycles. The number of nitriles is 1. The molecule has 1 N–H and O–H groups in total. The molecular weight excluding hydrogens is 249 g/mol. The molecule has 3 rings (SSSR count). The number of nitrogens with zero attached hydrogens (tertiary/aromatic N) is 2. The number of anilines is 2. The first-order valence-electron chi connectivity index (χ1n) is 5.68. The van der Waals surface area contributed by atoms with E-state index in [0.717, 1.165) is 10.8 Å². The average Bonchev–Trinajstić information content (AvgIpc) is 3.11. The SMILES string of the molecule is N#Cc1ccc(Nc2nc(C3CC3)cs2)cc1F. The Labute approximate surface area is 108 Å². The Balaban J connectivity index is 1.78. The normalized spacial score (nSPS) is 14.2. The highest BCUT2D eigenvalue weighted by molar-refractivity contribution is 7.13. The van der Waals surface area contributed by atoms with Crippen molar-refractivity contribution < 1.29 is 4.39 Å². The third-order valence-corrected chi connectivity index (χ3v) is 3.63. The van der Waals surface area contributed by atoms with Gasteiger partial charge in [-0.1, -0.05) is 0 Å². The van der Waals surface area contributed by atoms with Crippen LogP contribution < -0.4 is 5.32 Å². The lowest BCUT2D eigenvalue weighted by Gasteiger charge is -2.02. The van der Waals surface area contributed by atoms with Gasteiger partial charge in [-0.3, -0.25) is 0 Å². The summed E-state index contributed by atoms with van der Waals surface area (Å²) >= 11 is 1.52. The number of rotatable bonds is 3. The van der Waals surface area contributed by atoms with Crippen LogP contribution in [-0.2, 0) is 0 Å². The third kappa shape index (κ3) is 2.20. The summed E-state index contributed by atoms with van der Waals surface area (Å²) in [6.45, 7) is 0. The van der Waals surface area contributed by atoms with Crippen LogP contribution in [0, 0.1) is 17.1 Å². The predicted molar refractivity (Wildman–Crippen MR) is 68.5 cm³/mol. The molecule has 0 unspecified atom stereocenters. The maximum atomic E-state index is 13.4. The molecule has 0 aliphatic heterocycles. The van der Waals surface area contributed by atoms with Crippen LogP contribution in [0.2, 0.25) is 0 Å². The second kappa shape index (κ2) is 4.39. The van der Waals surface area contributed by atoms with Gasteiger partial charge in [0, 0.05) is 17.0 Å². The van der Waals surface area contributed by atoms with Crippen molar-refractivity contribution in [1.29, 1.82) is 5.26 Å². The zero-order valence-corrected chi connectivity index (χ0v) is 10.3. The van der Waals surface area contributed by atoms with Crippen molar-refractivity contribution in [3.8, 4) is 6.07 Å². The molecule has 1 aliphatic carbocycles. The van der Waals surface area contributed by atoms with Gasteiger partial charge < -0.3 is 5.32 Å². The average molecular weight is 259 g/mol. The van der Waals surface area contributed by atoms with E-state index in [0.29, 0.717) is 11.6 Å². The van der Waals surface area contributed by atoms with E-state index in [4.69, 9.17) is 5.26 Å². The highest BCUT2D eigenvalue weighted by Crippen LogP contribution is 2.41. The van der Waals surface area contributed by atoms with E-state index in [1.54, 1.807) is 12.1 Å². The van der Waals surface area contributed by atoms with Crippen LogP contribution in [0.3, 0.4) is 0 Å². The molecule has 2 aromatic rings. The molecule has 3 nitrogen and oxygen atoms in total. The Morgan fingerprint density at radius 2 is 2.28 bits per heavy atom. The Morgan fingerprint density at radius 1 is 1.44 bits per heavy atom. The van der Waals surface area contributed by atoms with E-state index < -0.39 is 5.82 Å². The minimum absolute atomic E-state index is 0.0540. The summed E-state index contributed by atoms with van der Waals surface area (Å²) in [5.74, 6) is 0.107. The summed E-state index contributed by atoms with van der Waals surface area (Å²) in [7, 11) is 0. The molecule has 18 heavy (non-hydrogen) atoms. The first-order valence-corrected chi connectivity index (χ1v) is 6.56. The Kier molecular flexibility index (Phi) is 2.73. The zero-order chi connectivity index (χ0) is 12.5. The van der Waals surface area contributed by atoms with Gasteiger partial charge in [0.15, 0.2) is 5.13 Å². The van der Waals surface area contributed by atoms with Gasteiger partial charge in [-0.25, -0.2) is 9.37 Å². The molecule has 0 spiro atoms. The van der Waals surface area contributed by atoms with Gasteiger partial charge in [0.2, 0.25) is 0 Å². The smallest absolute Gasteiger partial charge is 0.187 e. The molecule has 5 heteroatoms. The Morgan fingerprint density at radius 3 is 2.94 bits per heavy atom. The van der Waals surface area contributed by atoms with Crippen molar-refractivity contribution in [1.82, 2.24) is 4.98 Å². The lowest BCUT2D eigenvalue weighted by Crippen LogP contribution is -1.92. The fourth-order valence-electron chi connectivity index (χ4n) is 1.72. The van der Waals surface area contributed by atoms with E-state index in [1.165, 1.54) is 36.3 Å². The second-order valence-electron chi connectivity index (χ2n) is 4.28. The van der Waals surface area contributed by atoms with Crippen molar-refractivity contribution in [2.75, 3.05) is 5.32 Å². The van der Waals surface area contributed by atoms with E-state index in [-0.39, 0.29) is 5.56 Å². The molecule has 1 aromatic carbocycles. The highest BCUT2D eigenvalue weighted by Gasteiger charge is 2.26. The number of benzene rings is 1. The maximum Gasteiger partial charge on any atom is 0.187 e. The monoisotopic (exact) mass is 259 g/mol. The highest BCUT2D eigenvalue weighted by atomic mass is 32.1. The van der Waals surface area contributed by atoms with Crippen LogP contribution in [-0.4, -0.2) is 4.98 Å². The Bertz CT molecular complexity index is 625. The van der Waals surface area contributed by atoms with Crippen molar-refractivity contribution in [3.63, 3.8) is 0 Å². The molecule has 1 aromatic heterocycles. The number of halogens is 1. The molecule has 0 bridgehead atoms. The molecule has 0 saturated heterocycles. The fraction of sp³-hybridized carbons (Fsp3) is 0.231. The largest absolute Gasteiger partial charge is 0.331 e. The summed E-state index contributed by atoms with van der Waals surface area (Å²) in [5.41, 5.74) is 1.79. The van der Waals surface area contributed by atoms with Crippen molar-refractivity contribution >= 4 is 22.2 Å². The minimum Gasteiger partial charge on any atom is -0.331 e. The van der Waals surface area contributed by atoms with E-state index in [1.807, 2.05) is 5.38 Å². The van der Waals surface area contributed by atoms with E-state index in [9.17, 15) is 4.39 Å². The second-order valence-corrected chi connectivity index (χ2v) is 5.14. The van der Waals surface area contributed by atoms with Crippen molar-refractivity contribution in [2.24, 2.45) is 0 Å². The van der Waals surface area contributed by atoms with Crippen molar-refractivity contribution in [3.05, 3.63) is 40.7 Å². The van der Waals surface area contributed by atoms with Gasteiger partial charge >= 0.3 is 0 Å². The quantitative estimate of drug-likeness (QED) is 0.912. The maximum absolute atomic E-state index is 13.4.